The molecule has 0 aliphatic carbocycles. The molecule has 0 saturated carbocycles. The summed E-state index contributed by atoms with van der Waals surface area (Å²) in [4.78, 5) is 13.2. The first kappa shape index (κ1) is 24.5. The van der Waals surface area contributed by atoms with E-state index in [2.05, 4.69) is 10.0 Å². The Morgan fingerprint density at radius 3 is 2.17 bits per heavy atom. The molecule has 4 rings (SSSR count). The number of sulfonamides is 1. The Bertz CT molecular complexity index is 1450. The van der Waals surface area contributed by atoms with Crippen LogP contribution in [0.15, 0.2) is 102 Å². The molecule has 0 unspecified atom stereocenters. The zero-order valence-electron chi connectivity index (χ0n) is 19.3. The molecule has 1 atom stereocenters. The lowest BCUT2D eigenvalue weighted by atomic mass is 9.94. The van der Waals surface area contributed by atoms with Crippen molar-refractivity contribution in [1.29, 1.82) is 0 Å². The fourth-order valence-electron chi connectivity index (χ4n) is 3.79. The first-order valence-corrected chi connectivity index (χ1v) is 12.9. The molecule has 1 amide bonds. The highest BCUT2D eigenvalue weighted by Gasteiger charge is 2.23. The molecule has 2 N–H and O–H groups in total. The SMILES string of the molecule is Cc1ccc(NS(=O)(=O)c2cc(C(=O)N[C@H](c3ccccc3)c3ccccc3C)ccc2Cl)cc1. The smallest absolute Gasteiger partial charge is 0.263 e. The molecule has 7 heteroatoms. The molecular weight excluding hydrogens is 480 g/mol. The summed E-state index contributed by atoms with van der Waals surface area (Å²) in [6.45, 7) is 3.90. The fraction of sp³-hybridized carbons (Fsp3) is 0.107. The van der Waals surface area contributed by atoms with Crippen LogP contribution in [-0.2, 0) is 10.0 Å². The summed E-state index contributed by atoms with van der Waals surface area (Å²) < 4.78 is 28.7. The van der Waals surface area contributed by atoms with Crippen LogP contribution in [0, 0.1) is 13.8 Å². The highest BCUT2D eigenvalue weighted by atomic mass is 35.5. The Labute approximate surface area is 210 Å². The zero-order chi connectivity index (χ0) is 25.0. The number of benzene rings is 4. The first-order chi connectivity index (χ1) is 16.7. The standard InChI is InChI=1S/C28H25ClN2O3S/c1-19-12-15-23(16-13-19)31-35(33,34)26-18-22(14-17-25(26)29)28(32)30-27(21-9-4-3-5-10-21)24-11-7-6-8-20(24)2/h3-18,27,31H,1-2H3,(H,30,32)/t27-/m1/s1. The third kappa shape index (κ3) is 5.73. The number of hydrogen-bond donors (Lipinski definition) is 2. The van der Waals surface area contributed by atoms with Crippen LogP contribution in [0.3, 0.4) is 0 Å². The Morgan fingerprint density at radius 2 is 1.49 bits per heavy atom. The van der Waals surface area contributed by atoms with Crippen LogP contribution in [0.25, 0.3) is 0 Å². The summed E-state index contributed by atoms with van der Waals surface area (Å²) in [7, 11) is -4.01. The average molecular weight is 505 g/mol. The van der Waals surface area contributed by atoms with Gasteiger partial charge in [-0.25, -0.2) is 8.42 Å². The highest BCUT2D eigenvalue weighted by molar-refractivity contribution is 7.92. The molecular formula is C28H25ClN2O3S. The summed E-state index contributed by atoms with van der Waals surface area (Å²) >= 11 is 6.24. The van der Waals surface area contributed by atoms with Crippen LogP contribution < -0.4 is 10.0 Å². The van der Waals surface area contributed by atoms with Gasteiger partial charge in [-0.05, 0) is 60.9 Å². The van der Waals surface area contributed by atoms with Crippen molar-refractivity contribution >= 4 is 33.2 Å². The van der Waals surface area contributed by atoms with E-state index < -0.39 is 22.0 Å². The van der Waals surface area contributed by atoms with Crippen molar-refractivity contribution in [2.24, 2.45) is 0 Å². The van der Waals surface area contributed by atoms with E-state index >= 15 is 0 Å². The lowest BCUT2D eigenvalue weighted by Gasteiger charge is -2.22. The lowest BCUT2D eigenvalue weighted by molar-refractivity contribution is 0.0942. The van der Waals surface area contributed by atoms with E-state index in [-0.39, 0.29) is 15.5 Å². The van der Waals surface area contributed by atoms with Gasteiger partial charge in [-0.3, -0.25) is 9.52 Å². The Kier molecular flexibility index (Phi) is 7.24. The van der Waals surface area contributed by atoms with Gasteiger partial charge in [0, 0.05) is 11.3 Å². The second-order valence-corrected chi connectivity index (χ2v) is 10.3. The lowest BCUT2D eigenvalue weighted by Crippen LogP contribution is -2.30. The average Bonchev–Trinajstić information content (AvgIpc) is 2.85. The van der Waals surface area contributed by atoms with Crippen molar-refractivity contribution in [2.45, 2.75) is 24.8 Å². The minimum atomic E-state index is -4.01. The van der Waals surface area contributed by atoms with Gasteiger partial charge in [0.05, 0.1) is 11.1 Å². The van der Waals surface area contributed by atoms with E-state index in [1.165, 1.54) is 18.2 Å². The molecule has 0 aromatic heterocycles. The third-order valence-electron chi connectivity index (χ3n) is 5.69. The van der Waals surface area contributed by atoms with Crippen LogP contribution in [0.1, 0.15) is 38.7 Å². The maximum atomic E-state index is 13.3. The van der Waals surface area contributed by atoms with Crippen LogP contribution in [0.2, 0.25) is 5.02 Å². The molecule has 0 aliphatic heterocycles. The number of amides is 1. The van der Waals surface area contributed by atoms with Gasteiger partial charge in [0.1, 0.15) is 4.90 Å². The molecule has 0 heterocycles. The van der Waals surface area contributed by atoms with Crippen LogP contribution in [0.5, 0.6) is 0 Å². The van der Waals surface area contributed by atoms with Crippen LogP contribution >= 0.6 is 11.6 Å². The van der Waals surface area contributed by atoms with E-state index in [1.54, 1.807) is 24.3 Å². The second-order valence-electron chi connectivity index (χ2n) is 8.29. The zero-order valence-corrected chi connectivity index (χ0v) is 20.9. The van der Waals surface area contributed by atoms with E-state index in [4.69, 9.17) is 11.6 Å². The minimum absolute atomic E-state index is 0.0275. The van der Waals surface area contributed by atoms with Gasteiger partial charge < -0.3 is 5.32 Å². The molecule has 0 fully saturated rings. The predicted molar refractivity (Wildman–Crippen MR) is 140 cm³/mol. The normalized spacial score (nSPS) is 12.1. The van der Waals surface area contributed by atoms with Gasteiger partial charge in [0.25, 0.3) is 15.9 Å². The molecule has 0 bridgehead atoms. The number of rotatable bonds is 7. The van der Waals surface area contributed by atoms with Crippen molar-refractivity contribution in [3.05, 3.63) is 130 Å². The quantitative estimate of drug-likeness (QED) is 0.311. The molecule has 178 valence electrons. The molecule has 0 aliphatic rings. The minimum Gasteiger partial charge on any atom is -0.341 e. The Balaban J connectivity index is 1.66. The van der Waals surface area contributed by atoms with Gasteiger partial charge in [-0.1, -0.05) is 83.9 Å². The van der Waals surface area contributed by atoms with Gasteiger partial charge in [0.2, 0.25) is 0 Å². The number of aryl methyl sites for hydroxylation is 2. The number of carbonyl (C=O) groups excluding carboxylic acids is 1. The number of halogens is 1. The monoisotopic (exact) mass is 504 g/mol. The molecule has 35 heavy (non-hydrogen) atoms. The van der Waals surface area contributed by atoms with Gasteiger partial charge in [-0.2, -0.15) is 0 Å². The number of nitrogens with one attached hydrogen (secondary N) is 2. The molecule has 0 radical (unpaired) electrons. The fourth-order valence-corrected chi connectivity index (χ4v) is 5.38. The molecule has 0 saturated heterocycles. The van der Waals surface area contributed by atoms with E-state index in [1.807, 2.05) is 68.4 Å². The Hall–Kier alpha value is -3.61. The van der Waals surface area contributed by atoms with Crippen molar-refractivity contribution in [3.63, 3.8) is 0 Å². The third-order valence-corrected chi connectivity index (χ3v) is 7.56. The van der Waals surface area contributed by atoms with Crippen molar-refractivity contribution in [2.75, 3.05) is 4.72 Å². The molecule has 5 nitrogen and oxygen atoms in total. The second kappa shape index (κ2) is 10.3. The Morgan fingerprint density at radius 1 is 0.829 bits per heavy atom. The summed E-state index contributed by atoms with van der Waals surface area (Å²) in [5, 5.41) is 3.09. The van der Waals surface area contributed by atoms with Crippen molar-refractivity contribution < 1.29 is 13.2 Å². The summed E-state index contributed by atoms with van der Waals surface area (Å²) in [6, 6.07) is 28.2. The molecule has 4 aromatic carbocycles. The van der Waals surface area contributed by atoms with Crippen molar-refractivity contribution in [3.8, 4) is 0 Å². The van der Waals surface area contributed by atoms with Gasteiger partial charge >= 0.3 is 0 Å². The summed E-state index contributed by atoms with van der Waals surface area (Å²) in [5.41, 5.74) is 4.50. The topological polar surface area (TPSA) is 75.3 Å². The van der Waals surface area contributed by atoms with E-state index in [0.717, 1.165) is 22.3 Å². The molecule has 4 aromatic rings. The first-order valence-electron chi connectivity index (χ1n) is 11.0. The number of carbonyl (C=O) groups is 1. The van der Waals surface area contributed by atoms with Gasteiger partial charge in [0.15, 0.2) is 0 Å². The molecule has 0 spiro atoms. The summed E-state index contributed by atoms with van der Waals surface area (Å²) in [6.07, 6.45) is 0. The maximum Gasteiger partial charge on any atom is 0.263 e. The van der Waals surface area contributed by atoms with Crippen LogP contribution in [-0.4, -0.2) is 14.3 Å². The predicted octanol–water partition coefficient (Wildman–Crippen LogP) is 6.28. The maximum absolute atomic E-state index is 13.3. The number of anilines is 1. The highest BCUT2D eigenvalue weighted by Crippen LogP contribution is 2.28. The van der Waals surface area contributed by atoms with Crippen LogP contribution in [0.4, 0.5) is 5.69 Å². The largest absolute Gasteiger partial charge is 0.341 e. The van der Waals surface area contributed by atoms with E-state index in [9.17, 15) is 13.2 Å². The summed E-state index contributed by atoms with van der Waals surface area (Å²) in [5.74, 6) is -0.412. The number of hydrogen-bond acceptors (Lipinski definition) is 3. The van der Waals surface area contributed by atoms with E-state index in [0.29, 0.717) is 5.69 Å². The van der Waals surface area contributed by atoms with Crippen molar-refractivity contribution in [1.82, 2.24) is 5.32 Å². The van der Waals surface area contributed by atoms with Gasteiger partial charge in [-0.15, -0.1) is 0 Å².